The van der Waals surface area contributed by atoms with Gasteiger partial charge in [0.2, 0.25) is 0 Å². The van der Waals surface area contributed by atoms with Crippen molar-refractivity contribution in [1.82, 2.24) is 9.80 Å². The molecule has 0 saturated carbocycles. The van der Waals surface area contributed by atoms with Gasteiger partial charge in [-0.15, -0.1) is 0 Å². The van der Waals surface area contributed by atoms with Crippen molar-refractivity contribution < 1.29 is 9.53 Å². The number of benzene rings is 1. The number of nitrogens with zero attached hydrogens (tertiary/aromatic N) is 2. The average Bonchev–Trinajstić information content (AvgIpc) is 2.42. The summed E-state index contributed by atoms with van der Waals surface area (Å²) in [7, 11) is 0. The first-order valence-corrected chi connectivity index (χ1v) is 8.14. The van der Waals surface area contributed by atoms with Gasteiger partial charge in [0.25, 0.3) is 0 Å². The second-order valence-electron chi connectivity index (χ2n) is 6.48. The fourth-order valence-corrected chi connectivity index (χ4v) is 2.69. The summed E-state index contributed by atoms with van der Waals surface area (Å²) in [5.41, 5.74) is 0.558. The molecule has 0 radical (unpaired) electrons. The van der Waals surface area contributed by atoms with Crippen molar-refractivity contribution in [2.45, 2.75) is 32.9 Å². The van der Waals surface area contributed by atoms with Gasteiger partial charge >= 0.3 is 6.09 Å². The number of halogens is 2. The van der Waals surface area contributed by atoms with E-state index in [0.29, 0.717) is 18.1 Å². The van der Waals surface area contributed by atoms with Gasteiger partial charge in [0.05, 0.1) is 0 Å². The lowest BCUT2D eigenvalue weighted by atomic mass is 10.2. The van der Waals surface area contributed by atoms with Gasteiger partial charge in [0, 0.05) is 42.8 Å². The Bertz CT molecular complexity index is 535. The third kappa shape index (κ3) is 5.04. The first-order chi connectivity index (χ1) is 10.2. The number of piperazine rings is 1. The van der Waals surface area contributed by atoms with Crippen LogP contribution in [0.15, 0.2) is 18.2 Å². The van der Waals surface area contributed by atoms with E-state index >= 15 is 0 Å². The lowest BCUT2D eigenvalue weighted by Gasteiger charge is -2.35. The summed E-state index contributed by atoms with van der Waals surface area (Å²) in [6, 6.07) is 5.49. The maximum absolute atomic E-state index is 12.0. The minimum atomic E-state index is -0.456. The standard InChI is InChI=1S/C16H22Cl2N2O2/c1-16(2,3)22-15(21)20-8-6-19(7-9-20)11-12-10-13(17)4-5-14(12)18/h4-5,10H,6-9,11H2,1-3H3. The fourth-order valence-electron chi connectivity index (χ4n) is 2.32. The van der Waals surface area contributed by atoms with Crippen LogP contribution in [0.2, 0.25) is 10.0 Å². The molecular formula is C16H22Cl2N2O2. The zero-order valence-corrected chi connectivity index (χ0v) is 14.7. The van der Waals surface area contributed by atoms with Crippen LogP contribution >= 0.6 is 23.2 Å². The Labute approximate surface area is 141 Å². The third-order valence-corrected chi connectivity index (χ3v) is 4.03. The molecule has 1 aliphatic rings. The Balaban J connectivity index is 1.87. The van der Waals surface area contributed by atoms with Crippen LogP contribution in [0.25, 0.3) is 0 Å². The molecule has 22 heavy (non-hydrogen) atoms. The van der Waals surface area contributed by atoms with Gasteiger partial charge in [-0.25, -0.2) is 4.79 Å². The first-order valence-electron chi connectivity index (χ1n) is 7.39. The van der Waals surface area contributed by atoms with Crippen molar-refractivity contribution in [3.05, 3.63) is 33.8 Å². The molecule has 1 amide bonds. The van der Waals surface area contributed by atoms with E-state index in [2.05, 4.69) is 4.90 Å². The minimum absolute atomic E-state index is 0.243. The molecule has 1 saturated heterocycles. The number of carbonyl (C=O) groups excluding carboxylic acids is 1. The van der Waals surface area contributed by atoms with E-state index in [1.54, 1.807) is 11.0 Å². The normalized spacial score (nSPS) is 16.7. The van der Waals surface area contributed by atoms with Crippen LogP contribution in [-0.2, 0) is 11.3 Å². The third-order valence-electron chi connectivity index (χ3n) is 3.43. The summed E-state index contributed by atoms with van der Waals surface area (Å²) in [5, 5.41) is 1.41. The Morgan fingerprint density at radius 3 is 2.41 bits per heavy atom. The quantitative estimate of drug-likeness (QED) is 0.811. The maximum Gasteiger partial charge on any atom is 0.410 e. The first kappa shape index (κ1) is 17.4. The fraction of sp³-hybridized carbons (Fsp3) is 0.562. The SMILES string of the molecule is CC(C)(C)OC(=O)N1CCN(Cc2cc(Cl)ccc2Cl)CC1. The van der Waals surface area contributed by atoms with Gasteiger partial charge < -0.3 is 9.64 Å². The summed E-state index contributed by atoms with van der Waals surface area (Å²) in [6.07, 6.45) is -0.243. The van der Waals surface area contributed by atoms with Crippen LogP contribution in [0.4, 0.5) is 4.79 Å². The van der Waals surface area contributed by atoms with E-state index in [-0.39, 0.29) is 6.09 Å². The molecule has 0 N–H and O–H groups in total. The zero-order chi connectivity index (χ0) is 16.3. The molecule has 6 heteroatoms. The largest absolute Gasteiger partial charge is 0.444 e. The number of ether oxygens (including phenoxy) is 1. The number of rotatable bonds is 2. The monoisotopic (exact) mass is 344 g/mol. The highest BCUT2D eigenvalue weighted by Gasteiger charge is 2.26. The van der Waals surface area contributed by atoms with Crippen molar-refractivity contribution >= 4 is 29.3 Å². The highest BCUT2D eigenvalue weighted by atomic mass is 35.5. The lowest BCUT2D eigenvalue weighted by molar-refractivity contribution is 0.0139. The van der Waals surface area contributed by atoms with Gasteiger partial charge in [-0.1, -0.05) is 23.2 Å². The summed E-state index contributed by atoms with van der Waals surface area (Å²) in [6.45, 7) is 9.28. The van der Waals surface area contributed by atoms with E-state index in [1.165, 1.54) is 0 Å². The summed E-state index contributed by atoms with van der Waals surface area (Å²) >= 11 is 12.2. The van der Waals surface area contributed by atoms with Crippen molar-refractivity contribution in [2.24, 2.45) is 0 Å². The van der Waals surface area contributed by atoms with Crippen LogP contribution in [0.1, 0.15) is 26.3 Å². The average molecular weight is 345 g/mol. The van der Waals surface area contributed by atoms with E-state index in [1.807, 2.05) is 32.9 Å². The van der Waals surface area contributed by atoms with Gasteiger partial charge in [0.15, 0.2) is 0 Å². The molecule has 0 spiro atoms. The molecule has 0 unspecified atom stereocenters. The van der Waals surface area contributed by atoms with E-state index < -0.39 is 5.60 Å². The molecule has 0 aromatic heterocycles. The number of amides is 1. The second-order valence-corrected chi connectivity index (χ2v) is 7.32. The summed E-state index contributed by atoms with van der Waals surface area (Å²) in [4.78, 5) is 16.0. The molecule has 1 aromatic rings. The van der Waals surface area contributed by atoms with Crippen LogP contribution in [-0.4, -0.2) is 47.7 Å². The van der Waals surface area contributed by atoms with E-state index in [9.17, 15) is 4.79 Å². The van der Waals surface area contributed by atoms with Crippen LogP contribution < -0.4 is 0 Å². The van der Waals surface area contributed by atoms with E-state index in [0.717, 1.165) is 30.2 Å². The Hall–Kier alpha value is -0.970. The Morgan fingerprint density at radius 2 is 1.82 bits per heavy atom. The summed E-state index contributed by atoms with van der Waals surface area (Å²) < 4.78 is 5.40. The summed E-state index contributed by atoms with van der Waals surface area (Å²) in [5.74, 6) is 0. The molecular weight excluding hydrogens is 323 g/mol. The maximum atomic E-state index is 12.0. The zero-order valence-electron chi connectivity index (χ0n) is 13.2. The van der Waals surface area contributed by atoms with Gasteiger partial charge in [-0.05, 0) is 44.5 Å². The molecule has 1 aliphatic heterocycles. The highest BCUT2D eigenvalue weighted by molar-refractivity contribution is 6.33. The van der Waals surface area contributed by atoms with Crippen molar-refractivity contribution in [2.75, 3.05) is 26.2 Å². The minimum Gasteiger partial charge on any atom is -0.444 e. The molecule has 0 atom stereocenters. The molecule has 1 aromatic carbocycles. The van der Waals surface area contributed by atoms with Crippen molar-refractivity contribution in [1.29, 1.82) is 0 Å². The number of hydrogen-bond acceptors (Lipinski definition) is 3. The molecule has 4 nitrogen and oxygen atoms in total. The molecule has 0 aliphatic carbocycles. The number of carbonyl (C=O) groups is 1. The molecule has 2 rings (SSSR count). The predicted molar refractivity (Wildman–Crippen MR) is 89.5 cm³/mol. The highest BCUT2D eigenvalue weighted by Crippen LogP contribution is 2.22. The second kappa shape index (κ2) is 7.07. The predicted octanol–water partition coefficient (Wildman–Crippen LogP) is 4.05. The molecule has 0 bridgehead atoms. The van der Waals surface area contributed by atoms with Crippen LogP contribution in [0.3, 0.4) is 0 Å². The van der Waals surface area contributed by atoms with Crippen molar-refractivity contribution in [3.8, 4) is 0 Å². The van der Waals surface area contributed by atoms with Crippen LogP contribution in [0.5, 0.6) is 0 Å². The van der Waals surface area contributed by atoms with E-state index in [4.69, 9.17) is 27.9 Å². The number of hydrogen-bond donors (Lipinski definition) is 0. The molecule has 1 fully saturated rings. The van der Waals surface area contributed by atoms with Crippen LogP contribution in [0, 0.1) is 0 Å². The topological polar surface area (TPSA) is 32.8 Å². The lowest BCUT2D eigenvalue weighted by Crippen LogP contribution is -2.49. The smallest absolute Gasteiger partial charge is 0.410 e. The van der Waals surface area contributed by atoms with Crippen molar-refractivity contribution in [3.63, 3.8) is 0 Å². The molecule has 1 heterocycles. The Morgan fingerprint density at radius 1 is 1.18 bits per heavy atom. The Kier molecular flexibility index (Phi) is 5.59. The van der Waals surface area contributed by atoms with Gasteiger partial charge in [-0.3, -0.25) is 4.90 Å². The molecule has 122 valence electrons. The van der Waals surface area contributed by atoms with Gasteiger partial charge in [0.1, 0.15) is 5.60 Å². The van der Waals surface area contributed by atoms with Gasteiger partial charge in [-0.2, -0.15) is 0 Å².